The van der Waals surface area contributed by atoms with Crippen LogP contribution in [0.4, 0.5) is 0 Å². The Morgan fingerprint density at radius 2 is 1.90 bits per heavy atom. The quantitative estimate of drug-likeness (QED) is 0.738. The molecule has 21 heavy (non-hydrogen) atoms. The van der Waals surface area contributed by atoms with Gasteiger partial charge in [0.05, 0.1) is 5.69 Å². The first kappa shape index (κ1) is 13.4. The molecule has 2 aromatic carbocycles. The van der Waals surface area contributed by atoms with Crippen LogP contribution in [0.25, 0.3) is 10.8 Å². The molecule has 1 amide bonds. The molecule has 1 aromatic heterocycles. The normalized spacial score (nSPS) is 10.8. The number of hydrogen-bond donors (Lipinski definition) is 0. The third-order valence-corrected chi connectivity index (χ3v) is 3.42. The lowest BCUT2D eigenvalue weighted by Crippen LogP contribution is -2.25. The molecule has 0 aliphatic carbocycles. The van der Waals surface area contributed by atoms with E-state index in [2.05, 4.69) is 29.4 Å². The highest BCUT2D eigenvalue weighted by Crippen LogP contribution is 2.17. The van der Waals surface area contributed by atoms with E-state index in [4.69, 9.17) is 4.52 Å². The lowest BCUT2D eigenvalue weighted by atomic mass is 10.1. The summed E-state index contributed by atoms with van der Waals surface area (Å²) in [5.74, 6) is 0.111. The molecule has 0 radical (unpaired) electrons. The van der Waals surface area contributed by atoms with Gasteiger partial charge < -0.3 is 9.42 Å². The number of carbonyl (C=O) groups is 1. The summed E-state index contributed by atoms with van der Waals surface area (Å²) in [6, 6.07) is 16.0. The van der Waals surface area contributed by atoms with Gasteiger partial charge in [-0.2, -0.15) is 0 Å². The van der Waals surface area contributed by atoms with Crippen molar-refractivity contribution >= 4 is 16.7 Å². The largest absolute Gasteiger partial charge is 0.351 e. The Morgan fingerprint density at radius 3 is 2.62 bits per heavy atom. The van der Waals surface area contributed by atoms with Gasteiger partial charge in [0, 0.05) is 19.7 Å². The van der Waals surface area contributed by atoms with Crippen molar-refractivity contribution in [2.75, 3.05) is 7.05 Å². The molecule has 0 atom stereocenters. The molecule has 4 nitrogen and oxygen atoms in total. The number of nitrogens with zero attached hydrogens (tertiary/aromatic N) is 2. The van der Waals surface area contributed by atoms with Gasteiger partial charge in [0.2, 0.25) is 5.76 Å². The molecule has 3 rings (SSSR count). The summed E-state index contributed by atoms with van der Waals surface area (Å²) in [6.07, 6.45) is 0. The molecule has 0 unspecified atom stereocenters. The zero-order valence-electron chi connectivity index (χ0n) is 12.0. The highest BCUT2D eigenvalue weighted by molar-refractivity contribution is 5.91. The zero-order chi connectivity index (χ0) is 14.8. The number of aryl methyl sites for hydroxylation is 1. The molecule has 0 fully saturated rings. The molecule has 4 heteroatoms. The Balaban J connectivity index is 1.79. The number of fused-ring (bicyclic) bond motifs is 1. The molecule has 3 aromatic rings. The van der Waals surface area contributed by atoms with Crippen molar-refractivity contribution in [1.29, 1.82) is 0 Å². The highest BCUT2D eigenvalue weighted by atomic mass is 16.5. The van der Waals surface area contributed by atoms with Crippen LogP contribution in [-0.2, 0) is 6.54 Å². The van der Waals surface area contributed by atoms with Gasteiger partial charge >= 0.3 is 0 Å². The second-order valence-electron chi connectivity index (χ2n) is 5.18. The first-order valence-electron chi connectivity index (χ1n) is 6.80. The van der Waals surface area contributed by atoms with E-state index in [1.165, 1.54) is 10.8 Å². The molecule has 0 aliphatic rings. The number of hydrogen-bond acceptors (Lipinski definition) is 3. The van der Waals surface area contributed by atoms with Gasteiger partial charge in [0.25, 0.3) is 5.91 Å². The van der Waals surface area contributed by atoms with E-state index in [0.29, 0.717) is 12.2 Å². The number of amides is 1. The molecule has 1 heterocycles. The van der Waals surface area contributed by atoms with Crippen LogP contribution >= 0.6 is 0 Å². The van der Waals surface area contributed by atoms with Crippen LogP contribution in [0.2, 0.25) is 0 Å². The molecular weight excluding hydrogens is 264 g/mol. The summed E-state index contributed by atoms with van der Waals surface area (Å²) >= 11 is 0. The Hall–Kier alpha value is -2.62. The van der Waals surface area contributed by atoms with E-state index in [-0.39, 0.29) is 11.7 Å². The fourth-order valence-corrected chi connectivity index (χ4v) is 2.34. The summed E-state index contributed by atoms with van der Waals surface area (Å²) in [4.78, 5) is 13.8. The molecule has 0 spiro atoms. The average Bonchev–Trinajstić information content (AvgIpc) is 2.93. The molecule has 0 N–H and O–H groups in total. The maximum Gasteiger partial charge on any atom is 0.292 e. The van der Waals surface area contributed by atoms with Gasteiger partial charge in [-0.3, -0.25) is 4.79 Å². The number of aromatic nitrogens is 1. The third kappa shape index (κ3) is 2.79. The Kier molecular flexibility index (Phi) is 3.44. The lowest BCUT2D eigenvalue weighted by Gasteiger charge is -2.15. The molecule has 0 saturated carbocycles. The standard InChI is InChI=1S/C17H16N2O2/c1-12-9-16(21-18-12)17(20)19(2)11-13-7-8-14-5-3-4-6-15(14)10-13/h3-10H,11H2,1-2H3. The Morgan fingerprint density at radius 1 is 1.14 bits per heavy atom. The number of rotatable bonds is 3. The van der Waals surface area contributed by atoms with Crippen molar-refractivity contribution in [3.05, 3.63) is 65.5 Å². The minimum absolute atomic E-state index is 0.163. The average molecular weight is 280 g/mol. The Labute approximate surface area is 123 Å². The monoisotopic (exact) mass is 280 g/mol. The zero-order valence-corrected chi connectivity index (χ0v) is 12.0. The third-order valence-electron chi connectivity index (χ3n) is 3.42. The van der Waals surface area contributed by atoms with Gasteiger partial charge in [0.15, 0.2) is 0 Å². The van der Waals surface area contributed by atoms with E-state index < -0.39 is 0 Å². The molecule has 0 saturated heterocycles. The smallest absolute Gasteiger partial charge is 0.292 e. The SMILES string of the molecule is Cc1cc(C(=O)N(C)Cc2ccc3ccccc3c2)on1. The van der Waals surface area contributed by atoms with Crippen molar-refractivity contribution in [2.24, 2.45) is 0 Å². The first-order chi connectivity index (χ1) is 10.1. The Bertz CT molecular complexity index is 792. The second kappa shape index (κ2) is 5.40. The lowest BCUT2D eigenvalue weighted by molar-refractivity contribution is 0.0743. The van der Waals surface area contributed by atoms with E-state index in [9.17, 15) is 4.79 Å². The van der Waals surface area contributed by atoms with Gasteiger partial charge in [-0.25, -0.2) is 0 Å². The van der Waals surface area contributed by atoms with E-state index in [1.54, 1.807) is 24.9 Å². The van der Waals surface area contributed by atoms with Crippen LogP contribution in [0.15, 0.2) is 53.1 Å². The first-order valence-corrected chi connectivity index (χ1v) is 6.80. The van der Waals surface area contributed by atoms with Crippen LogP contribution in [0.3, 0.4) is 0 Å². The van der Waals surface area contributed by atoms with Crippen molar-refractivity contribution < 1.29 is 9.32 Å². The summed E-state index contributed by atoms with van der Waals surface area (Å²) in [5, 5.41) is 6.11. The fraction of sp³-hybridized carbons (Fsp3) is 0.176. The molecular formula is C17H16N2O2. The summed E-state index contributed by atoms with van der Waals surface area (Å²) in [7, 11) is 1.76. The fourth-order valence-electron chi connectivity index (χ4n) is 2.34. The molecule has 0 bridgehead atoms. The van der Waals surface area contributed by atoms with Crippen LogP contribution < -0.4 is 0 Å². The summed E-state index contributed by atoms with van der Waals surface area (Å²) < 4.78 is 5.01. The van der Waals surface area contributed by atoms with Crippen molar-refractivity contribution in [3.8, 4) is 0 Å². The maximum absolute atomic E-state index is 12.2. The summed E-state index contributed by atoms with van der Waals surface area (Å²) in [6.45, 7) is 2.33. The van der Waals surface area contributed by atoms with Crippen molar-refractivity contribution in [1.82, 2.24) is 10.1 Å². The van der Waals surface area contributed by atoms with Crippen LogP contribution in [0.1, 0.15) is 21.8 Å². The van der Waals surface area contributed by atoms with Gasteiger partial charge in [-0.15, -0.1) is 0 Å². The number of carbonyl (C=O) groups excluding carboxylic acids is 1. The maximum atomic E-state index is 12.2. The summed E-state index contributed by atoms with van der Waals surface area (Å²) in [5.41, 5.74) is 1.79. The van der Waals surface area contributed by atoms with Crippen molar-refractivity contribution in [2.45, 2.75) is 13.5 Å². The van der Waals surface area contributed by atoms with Crippen LogP contribution in [-0.4, -0.2) is 23.0 Å². The van der Waals surface area contributed by atoms with E-state index >= 15 is 0 Å². The van der Waals surface area contributed by atoms with Crippen LogP contribution in [0.5, 0.6) is 0 Å². The van der Waals surface area contributed by atoms with Gasteiger partial charge in [-0.05, 0) is 29.3 Å². The van der Waals surface area contributed by atoms with Gasteiger partial charge in [-0.1, -0.05) is 41.6 Å². The van der Waals surface area contributed by atoms with Gasteiger partial charge in [0.1, 0.15) is 0 Å². The topological polar surface area (TPSA) is 46.3 Å². The molecule has 0 aliphatic heterocycles. The predicted molar refractivity (Wildman–Crippen MR) is 81.0 cm³/mol. The highest BCUT2D eigenvalue weighted by Gasteiger charge is 2.16. The van der Waals surface area contributed by atoms with E-state index in [0.717, 1.165) is 5.56 Å². The minimum Gasteiger partial charge on any atom is -0.351 e. The second-order valence-corrected chi connectivity index (χ2v) is 5.18. The number of benzene rings is 2. The van der Waals surface area contributed by atoms with Crippen molar-refractivity contribution in [3.63, 3.8) is 0 Å². The van der Waals surface area contributed by atoms with Crippen LogP contribution in [0, 0.1) is 6.92 Å². The molecule has 106 valence electrons. The minimum atomic E-state index is -0.163. The predicted octanol–water partition coefficient (Wildman–Crippen LogP) is 3.41. The van der Waals surface area contributed by atoms with E-state index in [1.807, 2.05) is 18.2 Å².